The van der Waals surface area contributed by atoms with Crippen LogP contribution in [0.15, 0.2) is 29.0 Å². The number of anilines is 1. The van der Waals surface area contributed by atoms with Gasteiger partial charge in [0.05, 0.1) is 0 Å². The number of aliphatic hydroxyl groups is 1. The summed E-state index contributed by atoms with van der Waals surface area (Å²) in [6.45, 7) is 5.94. The van der Waals surface area contributed by atoms with E-state index >= 15 is 0 Å². The Kier molecular flexibility index (Phi) is 5.70. The van der Waals surface area contributed by atoms with Crippen LogP contribution in [0.5, 0.6) is 0 Å². The second-order valence-electron chi connectivity index (χ2n) is 5.73. The number of aryl methyl sites for hydroxylation is 1. The van der Waals surface area contributed by atoms with Crippen molar-refractivity contribution >= 4 is 11.7 Å². The average Bonchev–Trinajstić information content (AvgIpc) is 3.03. The van der Waals surface area contributed by atoms with E-state index < -0.39 is 0 Å². The van der Waals surface area contributed by atoms with Crippen molar-refractivity contribution in [2.24, 2.45) is 5.92 Å². The number of nitrogens with one attached hydrogen (secondary N) is 2. The number of urea groups is 1. The van der Waals surface area contributed by atoms with Crippen LogP contribution in [0.1, 0.15) is 25.8 Å². The lowest BCUT2D eigenvalue weighted by Crippen LogP contribution is -2.41. The standard InChI is InChI=1S/C16H22N4O3/c1-10(2)13(6-7-21)18-16(22)19-14-8-12(5-4-11(14)3)15-20-17-9-23-15/h4-5,8-10,13,21H,6-7H2,1-3H3,(H2,18,19,22). The summed E-state index contributed by atoms with van der Waals surface area (Å²) < 4.78 is 5.17. The molecule has 1 aromatic heterocycles. The summed E-state index contributed by atoms with van der Waals surface area (Å²) in [6.07, 6.45) is 1.78. The third kappa shape index (κ3) is 4.53. The molecule has 0 aliphatic carbocycles. The van der Waals surface area contributed by atoms with Gasteiger partial charge in [-0.1, -0.05) is 19.9 Å². The number of hydrogen-bond acceptors (Lipinski definition) is 5. The average molecular weight is 318 g/mol. The van der Waals surface area contributed by atoms with E-state index in [0.29, 0.717) is 18.0 Å². The minimum atomic E-state index is -0.303. The van der Waals surface area contributed by atoms with Gasteiger partial charge in [-0.15, -0.1) is 10.2 Å². The van der Waals surface area contributed by atoms with Crippen molar-refractivity contribution in [3.63, 3.8) is 0 Å². The largest absolute Gasteiger partial charge is 0.423 e. The molecule has 0 spiro atoms. The number of aliphatic hydroxyl groups excluding tert-OH is 1. The number of benzene rings is 1. The van der Waals surface area contributed by atoms with Gasteiger partial charge in [0.15, 0.2) is 0 Å². The molecule has 0 saturated heterocycles. The summed E-state index contributed by atoms with van der Waals surface area (Å²) in [5, 5.41) is 22.3. The van der Waals surface area contributed by atoms with Crippen molar-refractivity contribution in [2.45, 2.75) is 33.2 Å². The molecule has 0 aliphatic heterocycles. The van der Waals surface area contributed by atoms with Crippen LogP contribution in [0, 0.1) is 12.8 Å². The number of carbonyl (C=O) groups is 1. The van der Waals surface area contributed by atoms with Crippen LogP contribution in [0.3, 0.4) is 0 Å². The molecule has 2 amide bonds. The van der Waals surface area contributed by atoms with Gasteiger partial charge in [-0.2, -0.15) is 0 Å². The van der Waals surface area contributed by atoms with Crippen molar-refractivity contribution in [3.8, 4) is 11.5 Å². The van der Waals surface area contributed by atoms with Crippen LogP contribution in [-0.4, -0.2) is 34.0 Å². The van der Waals surface area contributed by atoms with E-state index in [1.807, 2.05) is 32.9 Å². The summed E-state index contributed by atoms with van der Waals surface area (Å²) in [5.74, 6) is 0.632. The normalized spacial score (nSPS) is 12.2. The Labute approximate surface area is 135 Å². The molecular formula is C16H22N4O3. The van der Waals surface area contributed by atoms with Crippen molar-refractivity contribution in [3.05, 3.63) is 30.2 Å². The van der Waals surface area contributed by atoms with Crippen LogP contribution < -0.4 is 10.6 Å². The van der Waals surface area contributed by atoms with Crippen LogP contribution in [-0.2, 0) is 0 Å². The summed E-state index contributed by atoms with van der Waals surface area (Å²) in [7, 11) is 0. The fraction of sp³-hybridized carbons (Fsp3) is 0.438. The molecule has 0 fully saturated rings. The highest BCUT2D eigenvalue weighted by Crippen LogP contribution is 2.23. The van der Waals surface area contributed by atoms with E-state index in [-0.39, 0.29) is 24.6 Å². The maximum atomic E-state index is 12.2. The third-order valence-electron chi connectivity index (χ3n) is 3.65. The molecule has 0 bridgehead atoms. The Bertz CT molecular complexity index is 641. The quantitative estimate of drug-likeness (QED) is 0.760. The van der Waals surface area contributed by atoms with E-state index in [0.717, 1.165) is 11.1 Å². The molecule has 2 rings (SSSR count). The molecule has 1 aromatic carbocycles. The summed E-state index contributed by atoms with van der Waals surface area (Å²) >= 11 is 0. The first-order valence-electron chi connectivity index (χ1n) is 7.56. The van der Waals surface area contributed by atoms with Gasteiger partial charge in [-0.3, -0.25) is 0 Å². The second-order valence-corrected chi connectivity index (χ2v) is 5.73. The van der Waals surface area contributed by atoms with Crippen LogP contribution >= 0.6 is 0 Å². The predicted molar refractivity (Wildman–Crippen MR) is 87.0 cm³/mol. The molecule has 3 N–H and O–H groups in total. The van der Waals surface area contributed by atoms with Gasteiger partial charge in [-0.05, 0) is 37.0 Å². The second kappa shape index (κ2) is 7.73. The third-order valence-corrected chi connectivity index (χ3v) is 3.65. The fourth-order valence-corrected chi connectivity index (χ4v) is 2.23. The van der Waals surface area contributed by atoms with Gasteiger partial charge in [0.2, 0.25) is 12.3 Å². The number of aromatic nitrogens is 2. The molecule has 7 heteroatoms. The molecule has 1 atom stereocenters. The zero-order chi connectivity index (χ0) is 16.8. The molecule has 0 saturated carbocycles. The van der Waals surface area contributed by atoms with E-state index in [9.17, 15) is 4.79 Å². The molecule has 124 valence electrons. The lowest BCUT2D eigenvalue weighted by Gasteiger charge is -2.22. The highest BCUT2D eigenvalue weighted by atomic mass is 16.4. The minimum absolute atomic E-state index is 0.0365. The summed E-state index contributed by atoms with van der Waals surface area (Å²) in [5.41, 5.74) is 2.33. The Balaban J connectivity index is 2.09. The Morgan fingerprint density at radius 1 is 1.39 bits per heavy atom. The first-order chi connectivity index (χ1) is 11.0. The molecule has 1 heterocycles. The van der Waals surface area contributed by atoms with Crippen molar-refractivity contribution in [1.29, 1.82) is 0 Å². The smallest absolute Gasteiger partial charge is 0.319 e. The minimum Gasteiger partial charge on any atom is -0.423 e. The summed E-state index contributed by atoms with van der Waals surface area (Å²) in [4.78, 5) is 12.2. The van der Waals surface area contributed by atoms with Gasteiger partial charge in [-0.25, -0.2) is 4.79 Å². The predicted octanol–water partition coefficient (Wildman–Crippen LogP) is 2.57. The number of nitrogens with zero attached hydrogens (tertiary/aromatic N) is 2. The van der Waals surface area contributed by atoms with Crippen LogP contribution in [0.2, 0.25) is 0 Å². The van der Waals surface area contributed by atoms with E-state index in [2.05, 4.69) is 20.8 Å². The maximum Gasteiger partial charge on any atom is 0.319 e. The monoisotopic (exact) mass is 318 g/mol. The molecule has 23 heavy (non-hydrogen) atoms. The highest BCUT2D eigenvalue weighted by Gasteiger charge is 2.16. The van der Waals surface area contributed by atoms with Gasteiger partial charge in [0.1, 0.15) is 0 Å². The number of amides is 2. The Morgan fingerprint density at radius 2 is 2.17 bits per heavy atom. The lowest BCUT2D eigenvalue weighted by molar-refractivity contribution is 0.227. The topological polar surface area (TPSA) is 100 Å². The van der Waals surface area contributed by atoms with E-state index in [1.165, 1.54) is 6.39 Å². The Morgan fingerprint density at radius 3 is 2.78 bits per heavy atom. The first kappa shape index (κ1) is 17.0. The fourth-order valence-electron chi connectivity index (χ4n) is 2.23. The van der Waals surface area contributed by atoms with E-state index in [1.54, 1.807) is 6.07 Å². The van der Waals surface area contributed by atoms with Gasteiger partial charge >= 0.3 is 6.03 Å². The highest BCUT2D eigenvalue weighted by molar-refractivity contribution is 5.91. The molecule has 7 nitrogen and oxygen atoms in total. The van der Waals surface area contributed by atoms with Crippen molar-refractivity contribution < 1.29 is 14.3 Å². The van der Waals surface area contributed by atoms with Gasteiger partial charge in [0, 0.05) is 23.9 Å². The Hall–Kier alpha value is -2.41. The molecule has 1 unspecified atom stereocenters. The van der Waals surface area contributed by atoms with Crippen LogP contribution in [0.25, 0.3) is 11.5 Å². The molecule has 0 aliphatic rings. The van der Waals surface area contributed by atoms with Crippen LogP contribution in [0.4, 0.5) is 10.5 Å². The van der Waals surface area contributed by atoms with Gasteiger partial charge < -0.3 is 20.2 Å². The molecule has 2 aromatic rings. The maximum absolute atomic E-state index is 12.2. The SMILES string of the molecule is Cc1ccc(-c2nnco2)cc1NC(=O)NC(CCO)C(C)C. The zero-order valence-corrected chi connectivity index (χ0v) is 13.5. The number of hydrogen-bond donors (Lipinski definition) is 3. The molecular weight excluding hydrogens is 296 g/mol. The summed E-state index contributed by atoms with van der Waals surface area (Å²) in [6, 6.07) is 5.14. The number of rotatable bonds is 6. The van der Waals surface area contributed by atoms with Crippen molar-refractivity contribution in [2.75, 3.05) is 11.9 Å². The lowest BCUT2D eigenvalue weighted by atomic mass is 10.0. The van der Waals surface area contributed by atoms with Crippen molar-refractivity contribution in [1.82, 2.24) is 15.5 Å². The first-order valence-corrected chi connectivity index (χ1v) is 7.56. The number of carbonyl (C=O) groups excluding carboxylic acids is 1. The van der Waals surface area contributed by atoms with Gasteiger partial charge in [0.25, 0.3) is 0 Å². The zero-order valence-electron chi connectivity index (χ0n) is 13.5. The van der Waals surface area contributed by atoms with E-state index in [4.69, 9.17) is 9.52 Å². The molecule has 0 radical (unpaired) electrons.